The molecule has 0 aliphatic heterocycles. The lowest BCUT2D eigenvalue weighted by molar-refractivity contribution is 0.656. The van der Waals surface area contributed by atoms with Crippen LogP contribution in [0, 0.1) is 13.8 Å². The normalized spacial score (nSPS) is 12.4. The third-order valence-electron chi connectivity index (χ3n) is 7.32. The maximum absolute atomic E-state index is 6.45. The number of nitrogens with zero attached hydrogens (tertiary/aromatic N) is 3. The zero-order valence-corrected chi connectivity index (χ0v) is 18.8. The molecule has 8 rings (SSSR count). The number of aromatic nitrogens is 3. The Bertz CT molecular complexity index is 2090. The van der Waals surface area contributed by atoms with Gasteiger partial charge in [0.15, 0.2) is 0 Å². The van der Waals surface area contributed by atoms with Crippen molar-refractivity contribution in [2.45, 2.75) is 13.8 Å². The highest BCUT2D eigenvalue weighted by Crippen LogP contribution is 2.41. The van der Waals surface area contributed by atoms with Gasteiger partial charge in [0.2, 0.25) is 5.71 Å². The quantitative estimate of drug-likeness (QED) is 0.263. The number of benzene rings is 3. The van der Waals surface area contributed by atoms with E-state index < -0.39 is 0 Å². The molecule has 8 aromatic rings. The first-order valence-electron chi connectivity index (χ1n) is 11.5. The van der Waals surface area contributed by atoms with Gasteiger partial charge in [0, 0.05) is 44.1 Å². The molecule has 0 saturated heterocycles. The van der Waals surface area contributed by atoms with Crippen molar-refractivity contribution in [3.8, 4) is 11.3 Å². The van der Waals surface area contributed by atoms with Crippen molar-refractivity contribution in [3.63, 3.8) is 0 Å². The highest BCUT2D eigenvalue weighted by atomic mass is 16.3. The van der Waals surface area contributed by atoms with Crippen molar-refractivity contribution >= 4 is 60.3 Å². The number of furan rings is 1. The minimum Gasteiger partial charge on any atom is -0.437 e. The SMILES string of the molecule is Cc1cnc(-c2cccc3c2oc2nc4c(cc23)c2cccc3c5ccccc5n4c32)cc1C. The van der Waals surface area contributed by atoms with Gasteiger partial charge < -0.3 is 4.42 Å². The molecule has 4 heteroatoms. The van der Waals surface area contributed by atoms with E-state index in [9.17, 15) is 0 Å². The summed E-state index contributed by atoms with van der Waals surface area (Å²) in [5.41, 5.74) is 9.14. The van der Waals surface area contributed by atoms with Gasteiger partial charge in [-0.3, -0.25) is 9.38 Å². The standard InChI is InChI=1S/C30H19N3O/c1-16-13-25(31-15-17(16)2)22-11-6-10-21-24-14-23-20-9-5-8-19-18-7-3-4-12-26(18)33(27(19)20)29(23)32-30(24)34-28(21)22/h3-15H,1-2H3. The summed E-state index contributed by atoms with van der Waals surface area (Å²) in [7, 11) is 0. The van der Waals surface area contributed by atoms with E-state index in [2.05, 4.69) is 91.0 Å². The van der Waals surface area contributed by atoms with Gasteiger partial charge in [0.05, 0.1) is 16.7 Å². The third-order valence-corrected chi connectivity index (χ3v) is 7.32. The lowest BCUT2D eigenvalue weighted by Gasteiger charge is -2.05. The molecule has 5 heterocycles. The molecule has 0 saturated carbocycles. The van der Waals surface area contributed by atoms with Crippen molar-refractivity contribution in [2.75, 3.05) is 0 Å². The lowest BCUT2D eigenvalue weighted by atomic mass is 10.0. The molecule has 0 unspecified atom stereocenters. The molecule has 0 aliphatic carbocycles. The summed E-state index contributed by atoms with van der Waals surface area (Å²) in [5.74, 6) is 0. The predicted octanol–water partition coefficient (Wildman–Crippen LogP) is 7.81. The second kappa shape index (κ2) is 6.12. The highest BCUT2D eigenvalue weighted by Gasteiger charge is 2.21. The van der Waals surface area contributed by atoms with Crippen molar-refractivity contribution in [2.24, 2.45) is 0 Å². The van der Waals surface area contributed by atoms with Crippen molar-refractivity contribution in [1.82, 2.24) is 14.4 Å². The Balaban J connectivity index is 1.52. The van der Waals surface area contributed by atoms with E-state index in [0.29, 0.717) is 5.71 Å². The second-order valence-electron chi connectivity index (χ2n) is 9.20. The van der Waals surface area contributed by atoms with Crippen LogP contribution in [0.4, 0.5) is 0 Å². The molecule has 0 amide bonds. The van der Waals surface area contributed by atoms with Crippen LogP contribution >= 0.6 is 0 Å². The molecule has 160 valence electrons. The number of fused-ring (bicyclic) bond motifs is 9. The van der Waals surface area contributed by atoms with Gasteiger partial charge in [-0.1, -0.05) is 48.5 Å². The molecule has 0 bridgehead atoms. The maximum atomic E-state index is 6.45. The highest BCUT2D eigenvalue weighted by molar-refractivity contribution is 6.24. The number of rotatable bonds is 1. The van der Waals surface area contributed by atoms with Crippen LogP contribution < -0.4 is 0 Å². The summed E-state index contributed by atoms with van der Waals surface area (Å²) in [5, 5.41) is 6.98. The largest absolute Gasteiger partial charge is 0.437 e. The fraction of sp³-hybridized carbons (Fsp3) is 0.0667. The van der Waals surface area contributed by atoms with Crippen molar-refractivity contribution in [3.05, 3.63) is 90.1 Å². The van der Waals surface area contributed by atoms with Crippen LogP contribution in [0.2, 0.25) is 0 Å². The average molecular weight is 438 g/mol. The zero-order chi connectivity index (χ0) is 22.6. The third kappa shape index (κ3) is 2.13. The molecule has 4 nitrogen and oxygen atoms in total. The molecule has 0 atom stereocenters. The molecular formula is C30H19N3O. The molecule has 0 aliphatic rings. The van der Waals surface area contributed by atoms with E-state index in [1.165, 1.54) is 38.3 Å². The van der Waals surface area contributed by atoms with E-state index in [1.807, 2.05) is 6.20 Å². The average Bonchev–Trinajstić information content (AvgIpc) is 3.50. The first kappa shape index (κ1) is 18.0. The summed E-state index contributed by atoms with van der Waals surface area (Å²) in [4.78, 5) is 9.79. The topological polar surface area (TPSA) is 43.3 Å². The van der Waals surface area contributed by atoms with Crippen LogP contribution in [0.5, 0.6) is 0 Å². The van der Waals surface area contributed by atoms with Crippen molar-refractivity contribution < 1.29 is 4.42 Å². The minimum absolute atomic E-state index is 0.656. The second-order valence-corrected chi connectivity index (χ2v) is 9.20. The molecule has 5 aromatic heterocycles. The van der Waals surface area contributed by atoms with E-state index in [1.54, 1.807) is 0 Å². The summed E-state index contributed by atoms with van der Waals surface area (Å²) in [6, 6.07) is 25.7. The van der Waals surface area contributed by atoms with Gasteiger partial charge in [-0.15, -0.1) is 0 Å². The Kier molecular flexibility index (Phi) is 3.24. The summed E-state index contributed by atoms with van der Waals surface area (Å²) >= 11 is 0. The van der Waals surface area contributed by atoms with Gasteiger partial charge in [-0.2, -0.15) is 4.98 Å². The predicted molar refractivity (Wildman–Crippen MR) is 139 cm³/mol. The van der Waals surface area contributed by atoms with Crippen LogP contribution in [0.25, 0.3) is 71.6 Å². The molecule has 3 aromatic carbocycles. The van der Waals surface area contributed by atoms with E-state index >= 15 is 0 Å². The van der Waals surface area contributed by atoms with Crippen molar-refractivity contribution in [1.29, 1.82) is 0 Å². The lowest BCUT2D eigenvalue weighted by Crippen LogP contribution is -1.88. The molecule has 0 spiro atoms. The molecule has 0 N–H and O–H groups in total. The van der Waals surface area contributed by atoms with Crippen LogP contribution in [0.1, 0.15) is 11.1 Å². The van der Waals surface area contributed by atoms with Gasteiger partial charge in [-0.25, -0.2) is 0 Å². The zero-order valence-electron chi connectivity index (χ0n) is 18.8. The number of para-hydroxylation sites is 3. The molecular weight excluding hydrogens is 418 g/mol. The molecule has 34 heavy (non-hydrogen) atoms. The number of hydrogen-bond donors (Lipinski definition) is 0. The Morgan fingerprint density at radius 1 is 0.706 bits per heavy atom. The van der Waals surface area contributed by atoms with Gasteiger partial charge >= 0.3 is 0 Å². The van der Waals surface area contributed by atoms with E-state index in [4.69, 9.17) is 14.4 Å². The Morgan fingerprint density at radius 2 is 1.47 bits per heavy atom. The number of pyridine rings is 2. The van der Waals surface area contributed by atoms with Crippen LogP contribution in [-0.4, -0.2) is 14.4 Å². The van der Waals surface area contributed by atoms with Gasteiger partial charge in [0.1, 0.15) is 11.2 Å². The summed E-state index contributed by atoms with van der Waals surface area (Å²) in [6.45, 7) is 4.20. The number of aryl methyl sites for hydroxylation is 2. The fourth-order valence-electron chi connectivity index (χ4n) is 5.51. The molecule has 0 radical (unpaired) electrons. The summed E-state index contributed by atoms with van der Waals surface area (Å²) in [6.07, 6.45) is 1.93. The minimum atomic E-state index is 0.656. The Labute approximate surface area is 194 Å². The Hall–Kier alpha value is -4.44. The van der Waals surface area contributed by atoms with Crippen LogP contribution in [0.3, 0.4) is 0 Å². The van der Waals surface area contributed by atoms with E-state index in [-0.39, 0.29) is 0 Å². The smallest absolute Gasteiger partial charge is 0.229 e. The monoisotopic (exact) mass is 437 g/mol. The first-order valence-corrected chi connectivity index (χ1v) is 11.5. The van der Waals surface area contributed by atoms with Gasteiger partial charge in [-0.05, 0) is 49.2 Å². The first-order chi connectivity index (χ1) is 16.7. The summed E-state index contributed by atoms with van der Waals surface area (Å²) < 4.78 is 8.74. The Morgan fingerprint density at radius 3 is 2.35 bits per heavy atom. The van der Waals surface area contributed by atoms with Gasteiger partial charge in [0.25, 0.3) is 0 Å². The van der Waals surface area contributed by atoms with E-state index in [0.717, 1.165) is 38.6 Å². The van der Waals surface area contributed by atoms with Crippen LogP contribution in [-0.2, 0) is 0 Å². The maximum Gasteiger partial charge on any atom is 0.229 e. The number of hydrogen-bond acceptors (Lipinski definition) is 3. The molecule has 0 fully saturated rings. The fourth-order valence-corrected chi connectivity index (χ4v) is 5.51. The van der Waals surface area contributed by atoms with Crippen LogP contribution in [0.15, 0.2) is 83.4 Å².